The molecule has 1 nitrogen and oxygen atoms in total. The third-order valence-electron chi connectivity index (χ3n) is 7.48. The van der Waals surface area contributed by atoms with Crippen molar-refractivity contribution in [3.05, 3.63) is 32.8 Å². The van der Waals surface area contributed by atoms with Crippen molar-refractivity contribution in [2.75, 3.05) is 5.75 Å². The molecule has 4 unspecified atom stereocenters. The van der Waals surface area contributed by atoms with Gasteiger partial charge >= 0.3 is 0 Å². The van der Waals surface area contributed by atoms with Crippen LogP contribution in [0.3, 0.4) is 0 Å². The Balaban J connectivity index is 0.000000704. The van der Waals surface area contributed by atoms with Crippen LogP contribution in [0, 0.1) is 10.8 Å². The van der Waals surface area contributed by atoms with E-state index in [0.29, 0.717) is 22.9 Å². The summed E-state index contributed by atoms with van der Waals surface area (Å²) in [5, 5.41) is 4.04. The zero-order valence-electron chi connectivity index (χ0n) is 16.3. The zero-order chi connectivity index (χ0) is 17.3. The van der Waals surface area contributed by atoms with Gasteiger partial charge < -0.3 is 0 Å². The Bertz CT molecular complexity index is 682. The van der Waals surface area contributed by atoms with E-state index in [4.69, 9.17) is 0 Å². The summed E-state index contributed by atoms with van der Waals surface area (Å²) in [6, 6.07) is 1.10. The topological polar surface area (TPSA) is 12.0 Å². The van der Waals surface area contributed by atoms with Gasteiger partial charge in [0.1, 0.15) is 0 Å². The lowest BCUT2D eigenvalue weighted by Crippen LogP contribution is -2.40. The molecule has 4 aliphatic carbocycles. The average Bonchev–Trinajstić information content (AvgIpc) is 2.82. The lowest BCUT2D eigenvalue weighted by atomic mass is 9.68. The number of rotatable bonds is 3. The van der Waals surface area contributed by atoms with Crippen LogP contribution in [-0.2, 0) is 0 Å². The molecule has 0 spiro atoms. The zero-order valence-corrected chi connectivity index (χ0v) is 17.1. The Kier molecular flexibility index (Phi) is 3.90. The molecule has 24 heavy (non-hydrogen) atoms. The van der Waals surface area contributed by atoms with Crippen LogP contribution in [0.25, 0.3) is 0 Å². The Hall–Kier alpha value is -0.470. The fourth-order valence-electron chi connectivity index (χ4n) is 6.19. The standard InChI is InChI=1S/C20H27NS.C2H6/c1-11-6-5-9-22-17(11)12(2)21-16-13-7-8-14(16)18-19(3)10-15(13)20(18,19)4;1-2/h12,16,21H,5-10H2,1-4H3;1-2H3. The molecule has 2 heteroatoms. The molecule has 0 amide bonds. The molecular formula is C22H33NS. The van der Waals surface area contributed by atoms with Crippen molar-refractivity contribution in [1.82, 2.24) is 5.32 Å². The molecule has 3 saturated carbocycles. The van der Waals surface area contributed by atoms with Crippen molar-refractivity contribution < 1.29 is 0 Å². The van der Waals surface area contributed by atoms with E-state index in [-0.39, 0.29) is 0 Å². The lowest BCUT2D eigenvalue weighted by molar-refractivity contribution is 0.318. The molecular weight excluding hydrogens is 310 g/mol. The van der Waals surface area contributed by atoms with Crippen molar-refractivity contribution in [2.24, 2.45) is 10.8 Å². The minimum atomic E-state index is 0.504. The van der Waals surface area contributed by atoms with Gasteiger partial charge in [0, 0.05) is 21.8 Å². The summed E-state index contributed by atoms with van der Waals surface area (Å²) in [4.78, 5) is 1.63. The molecule has 0 saturated heterocycles. The second-order valence-electron chi connectivity index (χ2n) is 8.46. The molecule has 0 radical (unpaired) electrons. The van der Waals surface area contributed by atoms with Gasteiger partial charge in [-0.2, -0.15) is 0 Å². The highest BCUT2D eigenvalue weighted by Crippen LogP contribution is 2.87. The van der Waals surface area contributed by atoms with Crippen LogP contribution in [0.4, 0.5) is 0 Å². The number of hydrogen-bond donors (Lipinski definition) is 1. The summed E-state index contributed by atoms with van der Waals surface area (Å²) in [6.07, 6.45) is 6.68. The van der Waals surface area contributed by atoms with Crippen molar-refractivity contribution >= 4 is 11.8 Å². The summed E-state index contributed by atoms with van der Waals surface area (Å²) in [7, 11) is 0. The highest BCUT2D eigenvalue weighted by atomic mass is 32.2. The molecule has 132 valence electrons. The van der Waals surface area contributed by atoms with Gasteiger partial charge in [-0.3, -0.25) is 5.32 Å². The van der Waals surface area contributed by atoms with Crippen LogP contribution in [0.1, 0.15) is 73.6 Å². The quantitative estimate of drug-likeness (QED) is 0.632. The minimum absolute atomic E-state index is 0.504. The summed E-state index contributed by atoms with van der Waals surface area (Å²) in [6.45, 7) is 13.7. The summed E-state index contributed by atoms with van der Waals surface area (Å²) in [5.41, 5.74) is 9.90. The fourth-order valence-corrected chi connectivity index (χ4v) is 7.36. The highest BCUT2D eigenvalue weighted by Gasteiger charge is 2.79. The molecule has 3 fully saturated rings. The maximum atomic E-state index is 4.04. The first-order valence-corrected chi connectivity index (χ1v) is 11.0. The summed E-state index contributed by atoms with van der Waals surface area (Å²) in [5.74, 6) is 1.31. The van der Waals surface area contributed by atoms with Crippen LogP contribution in [0.2, 0.25) is 0 Å². The van der Waals surface area contributed by atoms with Gasteiger partial charge in [0.25, 0.3) is 0 Å². The molecule has 5 rings (SSSR count). The van der Waals surface area contributed by atoms with E-state index in [9.17, 15) is 0 Å². The monoisotopic (exact) mass is 343 g/mol. The van der Waals surface area contributed by atoms with E-state index >= 15 is 0 Å². The van der Waals surface area contributed by atoms with Gasteiger partial charge in [0.2, 0.25) is 0 Å². The molecule has 5 aliphatic rings. The van der Waals surface area contributed by atoms with Crippen molar-refractivity contribution in [3.8, 4) is 0 Å². The number of allylic oxidation sites excluding steroid dienone is 3. The fraction of sp³-hybridized carbons (Fsp3) is 0.727. The first-order valence-electron chi connectivity index (χ1n) is 10.0. The normalized spacial score (nSPS) is 40.0. The van der Waals surface area contributed by atoms with Gasteiger partial charge in [-0.1, -0.05) is 44.4 Å². The minimum Gasteiger partial charge on any atom is -0.300 e. The van der Waals surface area contributed by atoms with E-state index in [1.54, 1.807) is 21.6 Å². The maximum Gasteiger partial charge on any atom is 0.0506 e. The van der Waals surface area contributed by atoms with Crippen LogP contribution < -0.4 is 5.32 Å². The van der Waals surface area contributed by atoms with Gasteiger partial charge in [0.15, 0.2) is 0 Å². The van der Waals surface area contributed by atoms with Gasteiger partial charge in [-0.25, -0.2) is 0 Å². The third kappa shape index (κ3) is 1.88. The molecule has 0 aromatic carbocycles. The van der Waals surface area contributed by atoms with E-state index < -0.39 is 0 Å². The first kappa shape index (κ1) is 17.0. The van der Waals surface area contributed by atoms with E-state index in [2.05, 4.69) is 44.8 Å². The number of hydrogen-bond acceptors (Lipinski definition) is 2. The van der Waals surface area contributed by atoms with E-state index in [0.717, 1.165) is 0 Å². The van der Waals surface area contributed by atoms with Crippen LogP contribution in [0.5, 0.6) is 0 Å². The van der Waals surface area contributed by atoms with Crippen molar-refractivity contribution in [2.45, 2.75) is 85.7 Å². The molecule has 0 aromatic rings. The van der Waals surface area contributed by atoms with Crippen LogP contribution in [-0.4, -0.2) is 17.8 Å². The second-order valence-corrected chi connectivity index (χ2v) is 9.59. The molecule has 4 atom stereocenters. The lowest BCUT2D eigenvalue weighted by Gasteiger charge is -2.37. The van der Waals surface area contributed by atoms with Gasteiger partial charge in [-0.05, 0) is 62.9 Å². The predicted octanol–water partition coefficient (Wildman–Crippen LogP) is 5.99. The Morgan fingerprint density at radius 2 is 1.83 bits per heavy atom. The van der Waals surface area contributed by atoms with Crippen molar-refractivity contribution in [1.29, 1.82) is 0 Å². The molecule has 2 bridgehead atoms. The third-order valence-corrected chi connectivity index (χ3v) is 8.99. The summed E-state index contributed by atoms with van der Waals surface area (Å²) < 4.78 is 0. The van der Waals surface area contributed by atoms with Crippen molar-refractivity contribution in [3.63, 3.8) is 0 Å². The molecule has 0 aromatic heterocycles. The number of fused-ring (bicyclic) bond motifs is 3. The predicted molar refractivity (Wildman–Crippen MR) is 106 cm³/mol. The molecule has 1 aliphatic heterocycles. The number of nitrogens with one attached hydrogen (secondary N) is 1. The second kappa shape index (κ2) is 5.51. The SMILES string of the molecule is CC.CC1=C(C(C)NC2C3=C4CC5(C)C(=C2CC3)C45C)SCCC1. The van der Waals surface area contributed by atoms with E-state index in [1.807, 2.05) is 25.0 Å². The Morgan fingerprint density at radius 1 is 1.12 bits per heavy atom. The van der Waals surface area contributed by atoms with Crippen LogP contribution >= 0.6 is 11.8 Å². The first-order chi connectivity index (χ1) is 11.5. The Labute approximate surface area is 152 Å². The van der Waals surface area contributed by atoms with Crippen LogP contribution in [0.15, 0.2) is 32.8 Å². The number of thioether (sulfide) groups is 1. The smallest absolute Gasteiger partial charge is 0.0506 e. The highest BCUT2D eigenvalue weighted by molar-refractivity contribution is 8.03. The molecule has 1 heterocycles. The van der Waals surface area contributed by atoms with Gasteiger partial charge in [0.05, 0.1) is 6.04 Å². The maximum absolute atomic E-state index is 4.04. The molecule has 1 N–H and O–H groups in total. The van der Waals surface area contributed by atoms with Gasteiger partial charge in [-0.15, -0.1) is 11.8 Å². The summed E-state index contributed by atoms with van der Waals surface area (Å²) >= 11 is 2.10. The average molecular weight is 344 g/mol. The largest absolute Gasteiger partial charge is 0.300 e. The van der Waals surface area contributed by atoms with E-state index in [1.165, 1.54) is 37.9 Å². The Morgan fingerprint density at radius 3 is 2.54 bits per heavy atom.